The lowest BCUT2D eigenvalue weighted by atomic mass is 9.84. The van der Waals surface area contributed by atoms with Crippen LogP contribution in [0.2, 0.25) is 5.02 Å². The van der Waals surface area contributed by atoms with Crippen molar-refractivity contribution in [3.8, 4) is 11.1 Å². The lowest BCUT2D eigenvalue weighted by molar-refractivity contribution is 0.0934. The summed E-state index contributed by atoms with van der Waals surface area (Å²) in [4.78, 5) is 19.0. The van der Waals surface area contributed by atoms with Crippen LogP contribution in [0.4, 0.5) is 11.4 Å². The minimum absolute atomic E-state index is 0.0960. The molecule has 0 saturated carbocycles. The molecule has 6 rings (SSSR count). The van der Waals surface area contributed by atoms with E-state index in [2.05, 4.69) is 27.2 Å². The van der Waals surface area contributed by atoms with Gasteiger partial charge in [0.15, 0.2) is 15.6 Å². The van der Waals surface area contributed by atoms with Crippen molar-refractivity contribution in [3.63, 3.8) is 0 Å². The predicted octanol–water partition coefficient (Wildman–Crippen LogP) is 8.81. The SMILES string of the molecule is Cc1cc(S(=O)(=O)CC(=O)c2ccc(N3CCC([C@@H](O)c4ccccc4-c4ccc(Cl)cc4)CC3)cc2)ccc1N[C@H](CCN(C)CCO)CSc1ccccc1. The van der Waals surface area contributed by atoms with Crippen molar-refractivity contribution in [3.05, 3.63) is 143 Å². The number of anilines is 2. The van der Waals surface area contributed by atoms with E-state index in [1.54, 1.807) is 42.1 Å². The van der Waals surface area contributed by atoms with Gasteiger partial charge < -0.3 is 25.3 Å². The largest absolute Gasteiger partial charge is 0.395 e. The number of sulfone groups is 1. The average Bonchev–Trinajstić information content (AvgIpc) is 3.23. The summed E-state index contributed by atoms with van der Waals surface area (Å²) in [6, 6.07) is 38.2. The molecule has 0 aromatic heterocycles. The summed E-state index contributed by atoms with van der Waals surface area (Å²) in [6.07, 6.45) is 1.84. The number of aryl methyl sites for hydroxylation is 1. The van der Waals surface area contributed by atoms with Gasteiger partial charge in [0.2, 0.25) is 0 Å². The van der Waals surface area contributed by atoms with Gasteiger partial charge >= 0.3 is 0 Å². The second-order valence-electron chi connectivity index (χ2n) is 14.9. The van der Waals surface area contributed by atoms with E-state index in [1.165, 1.54) is 4.90 Å². The molecular formula is C46H52ClN3O5S2. The molecule has 0 unspecified atom stereocenters. The molecule has 0 bridgehead atoms. The zero-order valence-electron chi connectivity index (χ0n) is 32.6. The number of hydrogen-bond donors (Lipinski definition) is 3. The maximum Gasteiger partial charge on any atom is 0.185 e. The Kier molecular flexibility index (Phi) is 14.9. The minimum atomic E-state index is -3.89. The van der Waals surface area contributed by atoms with Crippen molar-refractivity contribution in [2.45, 2.75) is 48.1 Å². The topological polar surface area (TPSA) is 110 Å². The number of Topliss-reactive ketones (excluding diaryl/α,β-unsaturated/α-hetero) is 1. The molecular weight excluding hydrogens is 774 g/mol. The lowest BCUT2D eigenvalue weighted by Crippen LogP contribution is -2.35. The molecule has 57 heavy (non-hydrogen) atoms. The van der Waals surface area contributed by atoms with Crippen LogP contribution < -0.4 is 10.2 Å². The number of ketones is 1. The van der Waals surface area contributed by atoms with Crippen LogP contribution >= 0.6 is 23.4 Å². The zero-order valence-corrected chi connectivity index (χ0v) is 34.9. The van der Waals surface area contributed by atoms with E-state index in [0.29, 0.717) is 17.1 Å². The first-order valence-electron chi connectivity index (χ1n) is 19.5. The summed E-state index contributed by atoms with van der Waals surface area (Å²) in [7, 11) is -1.91. The molecule has 1 aliphatic rings. The minimum Gasteiger partial charge on any atom is -0.395 e. The standard InChI is InChI=1S/C46H52ClN3O5S2/c1-33-30-41(20-21-44(33)48-38(24-25-49(2)28-29-51)31-56-40-8-4-3-5-9-40)57(54,55)32-45(52)35-14-18-39(19-15-35)50-26-22-36(23-27-50)46(53)43-11-7-6-10-42(43)34-12-16-37(47)17-13-34/h3-21,30,36,38,46,48,51,53H,22-29,31-32H2,1-2H3/t38-,46-/m1/s1. The molecule has 0 aliphatic carbocycles. The highest BCUT2D eigenvalue weighted by Gasteiger charge is 2.28. The number of aliphatic hydroxyl groups excluding tert-OH is 2. The first-order valence-corrected chi connectivity index (χ1v) is 22.5. The second kappa shape index (κ2) is 20.0. The third-order valence-corrected chi connectivity index (χ3v) is 13.8. The third-order valence-electron chi connectivity index (χ3n) is 10.7. The number of hydrogen-bond acceptors (Lipinski definition) is 9. The van der Waals surface area contributed by atoms with Crippen molar-refractivity contribution < 1.29 is 23.4 Å². The third kappa shape index (κ3) is 11.5. The average molecular weight is 827 g/mol. The molecule has 0 radical (unpaired) electrons. The summed E-state index contributed by atoms with van der Waals surface area (Å²) in [5.41, 5.74) is 5.88. The van der Waals surface area contributed by atoms with Gasteiger partial charge in [-0.3, -0.25) is 4.79 Å². The normalized spacial score (nSPS) is 14.7. The monoisotopic (exact) mass is 825 g/mol. The van der Waals surface area contributed by atoms with Crippen molar-refractivity contribution in [2.24, 2.45) is 5.92 Å². The van der Waals surface area contributed by atoms with Gasteiger partial charge in [-0.1, -0.05) is 66.2 Å². The van der Waals surface area contributed by atoms with Crippen molar-refractivity contribution in [1.29, 1.82) is 0 Å². The van der Waals surface area contributed by atoms with E-state index in [0.717, 1.165) is 78.3 Å². The zero-order chi connectivity index (χ0) is 40.4. The van der Waals surface area contributed by atoms with Crippen LogP contribution in [-0.2, 0) is 9.84 Å². The van der Waals surface area contributed by atoms with Crippen LogP contribution in [-0.4, -0.2) is 86.7 Å². The predicted molar refractivity (Wildman–Crippen MR) is 235 cm³/mol. The number of nitrogens with one attached hydrogen (secondary N) is 1. The Bertz CT molecular complexity index is 2180. The number of aliphatic hydroxyl groups is 2. The van der Waals surface area contributed by atoms with Crippen LogP contribution in [0.5, 0.6) is 0 Å². The number of rotatable bonds is 18. The number of carbonyl (C=O) groups excluding carboxylic acids is 1. The Morgan fingerprint density at radius 2 is 1.60 bits per heavy atom. The molecule has 0 spiro atoms. The Balaban J connectivity index is 1.04. The highest BCUT2D eigenvalue weighted by Crippen LogP contribution is 2.37. The second-order valence-corrected chi connectivity index (χ2v) is 18.4. The molecule has 1 aliphatic heterocycles. The van der Waals surface area contributed by atoms with Gasteiger partial charge in [0.05, 0.1) is 17.6 Å². The molecule has 2 atom stereocenters. The summed E-state index contributed by atoms with van der Waals surface area (Å²) < 4.78 is 27.0. The molecule has 1 fully saturated rings. The van der Waals surface area contributed by atoms with Gasteiger partial charge in [-0.2, -0.15) is 0 Å². The molecule has 5 aromatic carbocycles. The molecule has 3 N–H and O–H groups in total. The fourth-order valence-corrected chi connectivity index (χ4v) is 9.78. The molecule has 8 nitrogen and oxygen atoms in total. The molecule has 1 saturated heterocycles. The Hall–Kier alpha value is -4.16. The Morgan fingerprint density at radius 1 is 0.912 bits per heavy atom. The van der Waals surface area contributed by atoms with Crippen molar-refractivity contribution in [2.75, 3.05) is 61.6 Å². The van der Waals surface area contributed by atoms with Crippen LogP contribution in [0.25, 0.3) is 11.1 Å². The summed E-state index contributed by atoms with van der Waals surface area (Å²) in [5.74, 6) is -0.162. The molecule has 0 amide bonds. The maximum absolute atomic E-state index is 13.5. The smallest absolute Gasteiger partial charge is 0.185 e. The highest BCUT2D eigenvalue weighted by molar-refractivity contribution is 7.99. The molecule has 11 heteroatoms. The van der Waals surface area contributed by atoms with Gasteiger partial charge in [-0.05, 0) is 135 Å². The quantitative estimate of drug-likeness (QED) is 0.0590. The van der Waals surface area contributed by atoms with Crippen LogP contribution in [0, 0.1) is 12.8 Å². The van der Waals surface area contributed by atoms with E-state index in [-0.39, 0.29) is 23.5 Å². The highest BCUT2D eigenvalue weighted by atomic mass is 35.5. The summed E-state index contributed by atoms with van der Waals surface area (Å²) in [6.45, 7) is 4.89. The van der Waals surface area contributed by atoms with Gasteiger partial charge in [0.25, 0.3) is 0 Å². The van der Waals surface area contributed by atoms with Gasteiger partial charge in [0, 0.05) is 58.3 Å². The summed E-state index contributed by atoms with van der Waals surface area (Å²) in [5, 5.41) is 25.1. The van der Waals surface area contributed by atoms with E-state index in [1.807, 2.05) is 92.8 Å². The van der Waals surface area contributed by atoms with Gasteiger partial charge in [-0.25, -0.2) is 8.42 Å². The van der Waals surface area contributed by atoms with E-state index < -0.39 is 27.5 Å². The van der Waals surface area contributed by atoms with E-state index in [9.17, 15) is 23.4 Å². The van der Waals surface area contributed by atoms with Crippen LogP contribution in [0.15, 0.2) is 131 Å². The first-order chi connectivity index (χ1) is 27.5. The Morgan fingerprint density at radius 3 is 2.28 bits per heavy atom. The molecule has 5 aromatic rings. The fraction of sp³-hybridized carbons (Fsp3) is 0.326. The number of halogens is 1. The van der Waals surface area contributed by atoms with Crippen molar-refractivity contribution >= 4 is 50.4 Å². The van der Waals surface area contributed by atoms with E-state index in [4.69, 9.17) is 11.6 Å². The first kappa shape index (κ1) is 42.4. The number of piperidine rings is 1. The number of likely N-dealkylation sites (N-methyl/N-ethyl adjacent to an activating group) is 1. The molecule has 300 valence electrons. The molecule has 1 heterocycles. The van der Waals surface area contributed by atoms with Crippen LogP contribution in [0.3, 0.4) is 0 Å². The maximum atomic E-state index is 13.5. The van der Waals surface area contributed by atoms with Gasteiger partial charge in [0.1, 0.15) is 5.75 Å². The van der Waals surface area contributed by atoms with Crippen molar-refractivity contribution in [1.82, 2.24) is 4.90 Å². The number of carbonyl (C=O) groups is 1. The van der Waals surface area contributed by atoms with E-state index >= 15 is 0 Å². The number of nitrogens with zero attached hydrogens (tertiary/aromatic N) is 2. The van der Waals surface area contributed by atoms with Gasteiger partial charge in [-0.15, -0.1) is 11.8 Å². The lowest BCUT2D eigenvalue weighted by Gasteiger charge is -2.36. The summed E-state index contributed by atoms with van der Waals surface area (Å²) >= 11 is 7.88. The number of thioether (sulfide) groups is 1. The Labute approximate surface area is 346 Å². The fourth-order valence-electron chi connectivity index (χ4n) is 7.35. The van der Waals surface area contributed by atoms with Crippen LogP contribution in [0.1, 0.15) is 46.9 Å². The number of benzene rings is 5.